The van der Waals surface area contributed by atoms with E-state index in [2.05, 4.69) is 10.3 Å². The van der Waals surface area contributed by atoms with Gasteiger partial charge < -0.3 is 20.4 Å². The molecule has 1 aromatic heterocycles. The van der Waals surface area contributed by atoms with Crippen molar-refractivity contribution >= 4 is 12.0 Å². The van der Waals surface area contributed by atoms with Crippen molar-refractivity contribution in [2.24, 2.45) is 0 Å². The molecule has 1 unspecified atom stereocenters. The molecule has 1 atom stereocenters. The lowest BCUT2D eigenvalue weighted by Gasteiger charge is -2.18. The van der Waals surface area contributed by atoms with Gasteiger partial charge >= 0.3 is 12.0 Å². The van der Waals surface area contributed by atoms with E-state index in [1.807, 2.05) is 19.1 Å². The number of urea groups is 1. The highest BCUT2D eigenvalue weighted by Gasteiger charge is 2.16. The summed E-state index contributed by atoms with van der Waals surface area (Å²) in [7, 11) is 1.56. The summed E-state index contributed by atoms with van der Waals surface area (Å²) in [5.74, 6) is -1.37. The highest BCUT2D eigenvalue weighted by Crippen LogP contribution is 2.01. The molecule has 7 nitrogen and oxygen atoms in total. The van der Waals surface area contributed by atoms with Gasteiger partial charge in [0.05, 0.1) is 18.8 Å². The van der Waals surface area contributed by atoms with E-state index >= 15 is 0 Å². The molecule has 0 aliphatic rings. The molecule has 3 N–H and O–H groups in total. The number of carbonyl (C=O) groups is 2. The fraction of sp³-hybridized carbons (Fsp3) is 0.417. The van der Waals surface area contributed by atoms with Gasteiger partial charge in [-0.05, 0) is 19.1 Å². The molecule has 19 heavy (non-hydrogen) atoms. The molecule has 0 saturated heterocycles. The molecule has 0 spiro atoms. The third-order valence-electron chi connectivity index (χ3n) is 2.42. The van der Waals surface area contributed by atoms with Gasteiger partial charge in [0.1, 0.15) is 0 Å². The highest BCUT2D eigenvalue weighted by molar-refractivity contribution is 5.76. The van der Waals surface area contributed by atoms with E-state index < -0.39 is 18.1 Å². The molecule has 0 aromatic carbocycles. The average molecular weight is 267 g/mol. The number of aliphatic hydroxyl groups excluding tert-OH is 1. The molecular weight excluding hydrogens is 250 g/mol. The Morgan fingerprint density at radius 2 is 2.16 bits per heavy atom. The number of pyridine rings is 1. The molecule has 1 aromatic rings. The van der Waals surface area contributed by atoms with E-state index in [1.165, 1.54) is 4.90 Å². The topological polar surface area (TPSA) is 103 Å². The number of nitrogens with zero attached hydrogens (tertiary/aromatic N) is 2. The Kier molecular flexibility index (Phi) is 5.25. The molecule has 7 heteroatoms. The third-order valence-corrected chi connectivity index (χ3v) is 2.42. The molecule has 104 valence electrons. The van der Waals surface area contributed by atoms with Crippen molar-refractivity contribution in [3.05, 3.63) is 29.6 Å². The second-order valence-electron chi connectivity index (χ2n) is 4.17. The number of aliphatic carboxylic acids is 1. The minimum atomic E-state index is -1.60. The van der Waals surface area contributed by atoms with Gasteiger partial charge in [0.2, 0.25) is 0 Å². The number of nitrogens with one attached hydrogen (secondary N) is 1. The minimum absolute atomic E-state index is 0.302. The number of hydrogen-bond acceptors (Lipinski definition) is 4. The number of aliphatic hydroxyl groups is 1. The molecule has 1 heterocycles. The number of aromatic nitrogens is 1. The summed E-state index contributed by atoms with van der Waals surface area (Å²) in [6, 6.07) is 5.02. The fourth-order valence-corrected chi connectivity index (χ4v) is 1.41. The molecule has 2 amide bonds. The third kappa shape index (κ3) is 4.92. The molecule has 1 rings (SSSR count). The Balaban J connectivity index is 2.47. The Morgan fingerprint density at radius 3 is 2.74 bits per heavy atom. The lowest BCUT2D eigenvalue weighted by molar-refractivity contribution is -0.146. The smallest absolute Gasteiger partial charge is 0.334 e. The van der Waals surface area contributed by atoms with Crippen molar-refractivity contribution in [2.75, 3.05) is 13.6 Å². The van der Waals surface area contributed by atoms with E-state index in [9.17, 15) is 9.59 Å². The van der Waals surface area contributed by atoms with Gasteiger partial charge in [-0.15, -0.1) is 0 Å². The Hall–Kier alpha value is -2.15. The van der Waals surface area contributed by atoms with Crippen LogP contribution in [0.1, 0.15) is 11.4 Å². The molecule has 0 saturated carbocycles. The lowest BCUT2D eigenvalue weighted by atomic mass is 10.3. The van der Waals surface area contributed by atoms with Crippen LogP contribution in [-0.4, -0.2) is 51.8 Å². The molecule has 0 fully saturated rings. The number of carboxylic acids is 1. The maximum absolute atomic E-state index is 11.6. The van der Waals surface area contributed by atoms with Gasteiger partial charge in [-0.3, -0.25) is 4.98 Å². The number of rotatable bonds is 5. The van der Waals surface area contributed by atoms with Crippen molar-refractivity contribution in [3.8, 4) is 0 Å². The van der Waals surface area contributed by atoms with Crippen molar-refractivity contribution < 1.29 is 19.8 Å². The van der Waals surface area contributed by atoms with Crippen molar-refractivity contribution in [3.63, 3.8) is 0 Å². The van der Waals surface area contributed by atoms with Crippen LogP contribution in [0.25, 0.3) is 0 Å². The van der Waals surface area contributed by atoms with Gasteiger partial charge in [0, 0.05) is 12.7 Å². The zero-order chi connectivity index (χ0) is 14.4. The first-order valence-corrected chi connectivity index (χ1v) is 5.72. The molecule has 0 aliphatic carbocycles. The van der Waals surface area contributed by atoms with E-state index in [1.54, 1.807) is 13.1 Å². The number of carbonyl (C=O) groups excluding carboxylic acids is 1. The van der Waals surface area contributed by atoms with Crippen LogP contribution in [0.2, 0.25) is 0 Å². The predicted molar refractivity (Wildman–Crippen MR) is 67.5 cm³/mol. The van der Waals surface area contributed by atoms with Crippen LogP contribution in [-0.2, 0) is 11.3 Å². The van der Waals surface area contributed by atoms with Gasteiger partial charge in [-0.2, -0.15) is 0 Å². The van der Waals surface area contributed by atoms with Gasteiger partial charge in [0.15, 0.2) is 6.10 Å². The van der Waals surface area contributed by atoms with E-state index in [4.69, 9.17) is 10.2 Å². The summed E-state index contributed by atoms with van der Waals surface area (Å²) < 4.78 is 0. The summed E-state index contributed by atoms with van der Waals surface area (Å²) in [4.78, 5) is 27.6. The zero-order valence-electron chi connectivity index (χ0n) is 10.8. The minimum Gasteiger partial charge on any atom is -0.479 e. The van der Waals surface area contributed by atoms with Crippen molar-refractivity contribution in [2.45, 2.75) is 19.6 Å². The van der Waals surface area contributed by atoms with E-state index in [-0.39, 0.29) is 6.54 Å². The Labute approximate surface area is 110 Å². The average Bonchev–Trinajstić information content (AvgIpc) is 2.35. The van der Waals surface area contributed by atoms with Crippen LogP contribution >= 0.6 is 0 Å². The van der Waals surface area contributed by atoms with Gasteiger partial charge in [-0.1, -0.05) is 6.07 Å². The first-order valence-electron chi connectivity index (χ1n) is 5.72. The number of amides is 2. The summed E-state index contributed by atoms with van der Waals surface area (Å²) in [6.07, 6.45) is -1.60. The molecule has 0 aliphatic heterocycles. The number of hydrogen-bond donors (Lipinski definition) is 3. The zero-order valence-corrected chi connectivity index (χ0v) is 10.8. The number of carboxylic acid groups (broad SMARTS) is 1. The van der Waals surface area contributed by atoms with Crippen LogP contribution in [0, 0.1) is 6.92 Å². The molecular formula is C12H17N3O4. The predicted octanol–water partition coefficient (Wildman–Crippen LogP) is -0.0231. The van der Waals surface area contributed by atoms with E-state index in [0.29, 0.717) is 6.54 Å². The van der Waals surface area contributed by atoms with Crippen LogP contribution in [0.5, 0.6) is 0 Å². The van der Waals surface area contributed by atoms with Crippen LogP contribution in [0.4, 0.5) is 4.79 Å². The summed E-state index contributed by atoms with van der Waals surface area (Å²) in [5, 5.41) is 19.8. The maximum atomic E-state index is 11.6. The lowest BCUT2D eigenvalue weighted by Crippen LogP contribution is -2.42. The SMILES string of the molecule is Cc1cccc(CN(C)C(=O)NCC(O)C(=O)O)n1. The van der Waals surface area contributed by atoms with Crippen LogP contribution in [0.15, 0.2) is 18.2 Å². The summed E-state index contributed by atoms with van der Waals surface area (Å²) in [5.41, 5.74) is 1.59. The second kappa shape index (κ2) is 6.69. The quantitative estimate of drug-likeness (QED) is 0.695. The first-order chi connectivity index (χ1) is 8.90. The maximum Gasteiger partial charge on any atom is 0.334 e. The molecule has 0 radical (unpaired) electrons. The first kappa shape index (κ1) is 14.9. The van der Waals surface area contributed by atoms with Crippen molar-refractivity contribution in [1.29, 1.82) is 0 Å². The summed E-state index contributed by atoms with van der Waals surface area (Å²) in [6.45, 7) is 1.82. The van der Waals surface area contributed by atoms with Gasteiger partial charge in [0.25, 0.3) is 0 Å². The summed E-state index contributed by atoms with van der Waals surface area (Å²) >= 11 is 0. The van der Waals surface area contributed by atoms with E-state index in [0.717, 1.165) is 11.4 Å². The van der Waals surface area contributed by atoms with Gasteiger partial charge in [-0.25, -0.2) is 9.59 Å². The standard InChI is InChI=1S/C12H17N3O4/c1-8-4-3-5-9(14-8)7-15(2)12(19)13-6-10(16)11(17)18/h3-5,10,16H,6-7H2,1-2H3,(H,13,19)(H,17,18). The fourth-order valence-electron chi connectivity index (χ4n) is 1.41. The Morgan fingerprint density at radius 1 is 1.47 bits per heavy atom. The Bertz CT molecular complexity index is 464. The largest absolute Gasteiger partial charge is 0.479 e. The normalized spacial score (nSPS) is 11.7. The van der Waals surface area contributed by atoms with Crippen molar-refractivity contribution in [1.82, 2.24) is 15.2 Å². The second-order valence-corrected chi connectivity index (χ2v) is 4.17. The molecule has 0 bridgehead atoms. The van der Waals surface area contributed by atoms with Crippen LogP contribution < -0.4 is 5.32 Å². The monoisotopic (exact) mass is 267 g/mol. The number of aryl methyl sites for hydroxylation is 1. The highest BCUT2D eigenvalue weighted by atomic mass is 16.4. The van der Waals surface area contributed by atoms with Crippen LogP contribution in [0.3, 0.4) is 0 Å².